The van der Waals surface area contributed by atoms with E-state index in [-0.39, 0.29) is 10.8 Å². The van der Waals surface area contributed by atoms with Gasteiger partial charge >= 0.3 is 0 Å². The summed E-state index contributed by atoms with van der Waals surface area (Å²) in [5.41, 5.74) is 0.529. The summed E-state index contributed by atoms with van der Waals surface area (Å²) in [6, 6.07) is 1.62. The standard InChI is InChI=1S/C10H16ClN3O2S/c1-7-5-8(9(11)12-6-7)13-17(15,16)14-10(2,3)4/h5-6,13-14H,1-4H3. The SMILES string of the molecule is Cc1cnc(Cl)c(NS(=O)(=O)NC(C)(C)C)c1. The highest BCUT2D eigenvalue weighted by Crippen LogP contribution is 2.21. The fourth-order valence-electron chi connectivity index (χ4n) is 1.20. The second kappa shape index (κ2) is 4.80. The molecule has 0 fully saturated rings. The van der Waals surface area contributed by atoms with E-state index in [9.17, 15) is 8.42 Å². The Hall–Kier alpha value is -0.850. The molecule has 2 N–H and O–H groups in total. The molecule has 0 saturated carbocycles. The number of hydrogen-bond donors (Lipinski definition) is 2. The van der Waals surface area contributed by atoms with Gasteiger partial charge in [-0.3, -0.25) is 4.72 Å². The molecule has 17 heavy (non-hydrogen) atoms. The van der Waals surface area contributed by atoms with Gasteiger partial charge in [-0.1, -0.05) is 11.6 Å². The number of rotatable bonds is 3. The minimum atomic E-state index is -3.66. The molecule has 0 aromatic carbocycles. The highest BCUT2D eigenvalue weighted by Gasteiger charge is 2.20. The quantitative estimate of drug-likeness (QED) is 0.831. The van der Waals surface area contributed by atoms with E-state index >= 15 is 0 Å². The highest BCUT2D eigenvalue weighted by atomic mass is 35.5. The van der Waals surface area contributed by atoms with Gasteiger partial charge in [0.05, 0.1) is 5.69 Å². The Labute approximate surface area is 107 Å². The predicted octanol–water partition coefficient (Wildman–Crippen LogP) is 2.09. The van der Waals surface area contributed by atoms with Crippen LogP contribution in [0.1, 0.15) is 26.3 Å². The maximum Gasteiger partial charge on any atom is 0.299 e. The first-order valence-electron chi connectivity index (χ1n) is 5.03. The van der Waals surface area contributed by atoms with Crippen molar-refractivity contribution in [2.75, 3.05) is 4.72 Å². The fourth-order valence-corrected chi connectivity index (χ4v) is 2.71. The van der Waals surface area contributed by atoms with E-state index in [0.29, 0.717) is 0 Å². The number of aryl methyl sites for hydroxylation is 1. The molecule has 0 aliphatic carbocycles. The van der Waals surface area contributed by atoms with Crippen LogP contribution in [0.4, 0.5) is 5.69 Å². The first-order valence-corrected chi connectivity index (χ1v) is 6.89. The number of pyridine rings is 1. The molecule has 0 bridgehead atoms. The van der Waals surface area contributed by atoms with E-state index in [0.717, 1.165) is 5.56 Å². The van der Waals surface area contributed by atoms with E-state index in [1.165, 1.54) is 0 Å². The maximum atomic E-state index is 11.8. The first kappa shape index (κ1) is 14.2. The number of nitrogens with one attached hydrogen (secondary N) is 2. The summed E-state index contributed by atoms with van der Waals surface area (Å²) in [5, 5.41) is 0.120. The summed E-state index contributed by atoms with van der Waals surface area (Å²) in [4.78, 5) is 3.87. The van der Waals surface area contributed by atoms with Gasteiger partial charge in [0.1, 0.15) is 0 Å². The van der Waals surface area contributed by atoms with Crippen molar-refractivity contribution in [2.45, 2.75) is 33.2 Å². The minimum absolute atomic E-state index is 0.120. The molecule has 96 valence electrons. The van der Waals surface area contributed by atoms with Gasteiger partial charge in [0, 0.05) is 11.7 Å². The topological polar surface area (TPSA) is 71.1 Å². The Morgan fingerprint density at radius 3 is 2.47 bits per heavy atom. The van der Waals surface area contributed by atoms with Crippen LogP contribution < -0.4 is 9.44 Å². The summed E-state index contributed by atoms with van der Waals surface area (Å²) in [6.45, 7) is 7.06. The van der Waals surface area contributed by atoms with Gasteiger partial charge in [-0.05, 0) is 39.3 Å². The van der Waals surface area contributed by atoms with Crippen molar-refractivity contribution in [3.05, 3.63) is 23.0 Å². The number of hydrogen-bond acceptors (Lipinski definition) is 3. The van der Waals surface area contributed by atoms with Crippen LogP contribution in [0.2, 0.25) is 5.15 Å². The van der Waals surface area contributed by atoms with Crippen molar-refractivity contribution in [3.8, 4) is 0 Å². The Kier molecular flexibility index (Phi) is 4.01. The van der Waals surface area contributed by atoms with E-state index in [2.05, 4.69) is 14.4 Å². The van der Waals surface area contributed by atoms with Gasteiger partial charge in [-0.15, -0.1) is 0 Å². The second-order valence-corrected chi connectivity index (χ2v) is 6.58. The molecule has 0 saturated heterocycles. The first-order chi connectivity index (χ1) is 7.59. The van der Waals surface area contributed by atoms with Gasteiger partial charge in [-0.2, -0.15) is 13.1 Å². The summed E-state index contributed by atoms with van der Waals surface area (Å²) in [6.07, 6.45) is 1.57. The van der Waals surface area contributed by atoms with E-state index in [1.807, 2.05) is 0 Å². The molecule has 5 nitrogen and oxygen atoms in total. The zero-order chi connectivity index (χ0) is 13.3. The summed E-state index contributed by atoms with van der Waals surface area (Å²) >= 11 is 5.81. The van der Waals surface area contributed by atoms with Crippen molar-refractivity contribution < 1.29 is 8.42 Å². The molecule has 1 aromatic rings. The van der Waals surface area contributed by atoms with Crippen LogP contribution in [0.3, 0.4) is 0 Å². The molecule has 0 amide bonds. The van der Waals surface area contributed by atoms with Crippen LogP contribution in [0, 0.1) is 6.92 Å². The lowest BCUT2D eigenvalue weighted by molar-refractivity contribution is 0.494. The third-order valence-corrected chi connectivity index (χ3v) is 3.33. The number of halogens is 1. The van der Waals surface area contributed by atoms with Crippen molar-refractivity contribution in [3.63, 3.8) is 0 Å². The minimum Gasteiger partial charge on any atom is -0.268 e. The average molecular weight is 278 g/mol. The smallest absolute Gasteiger partial charge is 0.268 e. The normalized spacial score (nSPS) is 12.5. The molecule has 0 radical (unpaired) electrons. The summed E-state index contributed by atoms with van der Waals surface area (Å²) in [5.74, 6) is 0. The summed E-state index contributed by atoms with van der Waals surface area (Å²) in [7, 11) is -3.66. The molecule has 0 atom stereocenters. The summed E-state index contributed by atoms with van der Waals surface area (Å²) < 4.78 is 28.4. The van der Waals surface area contributed by atoms with E-state index < -0.39 is 15.7 Å². The van der Waals surface area contributed by atoms with Crippen LogP contribution in [-0.4, -0.2) is 18.9 Å². The third kappa shape index (κ3) is 4.89. The molecular weight excluding hydrogens is 262 g/mol. The van der Waals surface area contributed by atoms with Crippen LogP contribution in [0.5, 0.6) is 0 Å². The molecule has 1 aromatic heterocycles. The molecule has 0 aliphatic heterocycles. The zero-order valence-corrected chi connectivity index (χ0v) is 11.8. The monoisotopic (exact) mass is 277 g/mol. The number of aromatic nitrogens is 1. The number of anilines is 1. The Bertz CT molecular complexity index is 509. The van der Waals surface area contributed by atoms with Crippen molar-refractivity contribution in [1.82, 2.24) is 9.71 Å². The Balaban J connectivity index is 2.94. The van der Waals surface area contributed by atoms with Gasteiger partial charge < -0.3 is 0 Å². The van der Waals surface area contributed by atoms with Crippen molar-refractivity contribution >= 4 is 27.5 Å². The maximum absolute atomic E-state index is 11.8. The fraction of sp³-hybridized carbons (Fsp3) is 0.500. The van der Waals surface area contributed by atoms with Crippen molar-refractivity contribution in [2.24, 2.45) is 0 Å². The molecular formula is C10H16ClN3O2S. The molecule has 0 spiro atoms. The average Bonchev–Trinajstić information content (AvgIpc) is 2.06. The lowest BCUT2D eigenvalue weighted by Gasteiger charge is -2.21. The Morgan fingerprint density at radius 2 is 1.94 bits per heavy atom. The van der Waals surface area contributed by atoms with Gasteiger partial charge in [0.25, 0.3) is 10.2 Å². The predicted molar refractivity (Wildman–Crippen MR) is 69.4 cm³/mol. The van der Waals surface area contributed by atoms with Crippen LogP contribution in [0.15, 0.2) is 12.3 Å². The lowest BCUT2D eigenvalue weighted by atomic mass is 10.1. The highest BCUT2D eigenvalue weighted by molar-refractivity contribution is 7.90. The zero-order valence-electron chi connectivity index (χ0n) is 10.2. The van der Waals surface area contributed by atoms with E-state index in [1.54, 1.807) is 40.0 Å². The van der Waals surface area contributed by atoms with Gasteiger partial charge in [0.2, 0.25) is 0 Å². The second-order valence-electron chi connectivity index (χ2n) is 4.81. The van der Waals surface area contributed by atoms with Crippen LogP contribution in [-0.2, 0) is 10.2 Å². The van der Waals surface area contributed by atoms with Crippen LogP contribution >= 0.6 is 11.6 Å². The van der Waals surface area contributed by atoms with Crippen molar-refractivity contribution in [1.29, 1.82) is 0 Å². The largest absolute Gasteiger partial charge is 0.299 e. The molecule has 1 heterocycles. The molecule has 1 rings (SSSR count). The third-order valence-electron chi connectivity index (χ3n) is 1.66. The molecule has 0 unspecified atom stereocenters. The number of nitrogens with zero attached hydrogens (tertiary/aromatic N) is 1. The molecule has 0 aliphatic rings. The van der Waals surface area contributed by atoms with Gasteiger partial charge in [-0.25, -0.2) is 4.98 Å². The lowest BCUT2D eigenvalue weighted by Crippen LogP contribution is -2.43. The van der Waals surface area contributed by atoms with E-state index in [4.69, 9.17) is 11.6 Å². The van der Waals surface area contributed by atoms with Crippen LogP contribution in [0.25, 0.3) is 0 Å². The molecule has 7 heteroatoms. The van der Waals surface area contributed by atoms with Gasteiger partial charge in [0.15, 0.2) is 5.15 Å². The Morgan fingerprint density at radius 1 is 1.35 bits per heavy atom.